The predicted molar refractivity (Wildman–Crippen MR) is 69.1 cm³/mol. The standard InChI is InChI=1S/C11H9BrClFN2O2/c12-7-3-6(14)4-8(13)11(7)16-2-1-9(17)15-5-10(16)18/h3-4H,1-2,5H2,(H,15,17). The van der Waals surface area contributed by atoms with Crippen molar-refractivity contribution in [3.63, 3.8) is 0 Å². The summed E-state index contributed by atoms with van der Waals surface area (Å²) in [6.45, 7) is 0.133. The lowest BCUT2D eigenvalue weighted by atomic mass is 10.2. The van der Waals surface area contributed by atoms with Gasteiger partial charge in [0.05, 0.1) is 17.3 Å². The number of carbonyl (C=O) groups excluding carboxylic acids is 2. The number of anilines is 1. The van der Waals surface area contributed by atoms with Crippen molar-refractivity contribution in [2.24, 2.45) is 0 Å². The Bertz CT molecular complexity index is 501. The molecule has 1 aliphatic heterocycles. The minimum Gasteiger partial charge on any atom is -0.347 e. The lowest BCUT2D eigenvalue weighted by Gasteiger charge is -2.22. The fourth-order valence-electron chi connectivity index (χ4n) is 1.73. The molecular weight excluding hydrogens is 326 g/mol. The molecule has 1 heterocycles. The fraction of sp³-hybridized carbons (Fsp3) is 0.273. The molecule has 0 aliphatic carbocycles. The van der Waals surface area contributed by atoms with E-state index < -0.39 is 5.82 Å². The van der Waals surface area contributed by atoms with Crippen molar-refractivity contribution in [2.45, 2.75) is 6.42 Å². The van der Waals surface area contributed by atoms with Gasteiger partial charge in [-0.3, -0.25) is 9.59 Å². The number of amides is 2. The maximum absolute atomic E-state index is 13.1. The van der Waals surface area contributed by atoms with Crippen molar-refractivity contribution in [1.82, 2.24) is 5.32 Å². The van der Waals surface area contributed by atoms with Gasteiger partial charge in [-0.05, 0) is 28.1 Å². The van der Waals surface area contributed by atoms with E-state index in [0.29, 0.717) is 10.2 Å². The maximum atomic E-state index is 13.1. The second-order valence-corrected chi connectivity index (χ2v) is 5.05. The molecule has 1 N–H and O–H groups in total. The van der Waals surface area contributed by atoms with Crippen LogP contribution in [-0.2, 0) is 9.59 Å². The molecule has 1 aromatic carbocycles. The number of nitrogens with zero attached hydrogens (tertiary/aromatic N) is 1. The highest BCUT2D eigenvalue weighted by molar-refractivity contribution is 9.10. The molecule has 1 fully saturated rings. The topological polar surface area (TPSA) is 49.4 Å². The largest absolute Gasteiger partial charge is 0.347 e. The molecule has 4 nitrogen and oxygen atoms in total. The first-order chi connectivity index (χ1) is 8.49. The molecule has 2 amide bonds. The van der Waals surface area contributed by atoms with E-state index in [0.717, 1.165) is 6.07 Å². The Labute approximate surface area is 116 Å². The molecule has 1 aromatic rings. The van der Waals surface area contributed by atoms with E-state index in [2.05, 4.69) is 21.2 Å². The molecule has 7 heteroatoms. The first-order valence-corrected chi connectivity index (χ1v) is 6.37. The SMILES string of the molecule is O=C1CCN(c2c(Cl)cc(F)cc2Br)C(=O)CN1. The molecule has 0 spiro atoms. The van der Waals surface area contributed by atoms with E-state index >= 15 is 0 Å². The molecule has 0 bridgehead atoms. The molecule has 1 saturated heterocycles. The van der Waals surface area contributed by atoms with Crippen LogP contribution in [-0.4, -0.2) is 24.9 Å². The minimum atomic E-state index is -0.493. The summed E-state index contributed by atoms with van der Waals surface area (Å²) in [5.74, 6) is -0.970. The highest BCUT2D eigenvalue weighted by atomic mass is 79.9. The van der Waals surface area contributed by atoms with Crippen molar-refractivity contribution in [2.75, 3.05) is 18.0 Å². The second-order valence-electron chi connectivity index (χ2n) is 3.79. The van der Waals surface area contributed by atoms with E-state index in [1.54, 1.807) is 0 Å². The summed E-state index contributed by atoms with van der Waals surface area (Å²) in [6.07, 6.45) is 0.186. The van der Waals surface area contributed by atoms with Crippen LogP contribution < -0.4 is 10.2 Å². The zero-order valence-corrected chi connectivity index (χ0v) is 11.5. The number of benzene rings is 1. The molecule has 96 valence electrons. The number of nitrogens with one attached hydrogen (secondary N) is 1. The normalized spacial score (nSPS) is 16.5. The third-order valence-electron chi connectivity index (χ3n) is 2.55. The van der Waals surface area contributed by atoms with Gasteiger partial charge in [-0.1, -0.05) is 11.6 Å². The van der Waals surface area contributed by atoms with Gasteiger partial charge in [-0.2, -0.15) is 0 Å². The van der Waals surface area contributed by atoms with Crippen molar-refractivity contribution in [3.05, 3.63) is 27.4 Å². The highest BCUT2D eigenvalue weighted by Gasteiger charge is 2.25. The lowest BCUT2D eigenvalue weighted by Crippen LogP contribution is -2.35. The summed E-state index contributed by atoms with van der Waals surface area (Å²) in [5.41, 5.74) is 0.388. The van der Waals surface area contributed by atoms with Gasteiger partial charge in [-0.25, -0.2) is 4.39 Å². The van der Waals surface area contributed by atoms with E-state index in [4.69, 9.17) is 11.6 Å². The van der Waals surface area contributed by atoms with E-state index in [9.17, 15) is 14.0 Å². The van der Waals surface area contributed by atoms with E-state index in [1.165, 1.54) is 11.0 Å². The smallest absolute Gasteiger partial charge is 0.246 e. The summed E-state index contributed by atoms with van der Waals surface area (Å²) >= 11 is 9.13. The third kappa shape index (κ3) is 2.64. The zero-order valence-electron chi connectivity index (χ0n) is 9.17. The Morgan fingerprint density at radius 3 is 2.78 bits per heavy atom. The molecule has 18 heavy (non-hydrogen) atoms. The molecule has 2 rings (SSSR count). The van der Waals surface area contributed by atoms with Crippen molar-refractivity contribution >= 4 is 45.0 Å². The fourth-order valence-corrected chi connectivity index (χ4v) is 2.79. The number of hydrogen-bond donors (Lipinski definition) is 1. The van der Waals surface area contributed by atoms with Crippen LogP contribution in [0.4, 0.5) is 10.1 Å². The summed E-state index contributed by atoms with van der Waals surface area (Å²) < 4.78 is 13.5. The van der Waals surface area contributed by atoms with Gasteiger partial charge in [-0.15, -0.1) is 0 Å². The summed E-state index contributed by atoms with van der Waals surface area (Å²) in [7, 11) is 0. The van der Waals surface area contributed by atoms with Crippen LogP contribution in [0.2, 0.25) is 5.02 Å². The Morgan fingerprint density at radius 1 is 1.39 bits per heavy atom. The Kier molecular flexibility index (Phi) is 3.87. The summed E-state index contributed by atoms with van der Waals surface area (Å²) in [5, 5.41) is 2.61. The van der Waals surface area contributed by atoms with E-state index in [-0.39, 0.29) is 36.3 Å². The molecule has 0 saturated carbocycles. The van der Waals surface area contributed by atoms with Crippen LogP contribution in [0.5, 0.6) is 0 Å². The third-order valence-corrected chi connectivity index (χ3v) is 3.44. The van der Waals surface area contributed by atoms with Crippen molar-refractivity contribution in [1.29, 1.82) is 0 Å². The molecule has 0 radical (unpaired) electrons. The number of hydrogen-bond acceptors (Lipinski definition) is 2. The first kappa shape index (κ1) is 13.3. The maximum Gasteiger partial charge on any atom is 0.246 e. The molecule has 0 atom stereocenters. The van der Waals surface area contributed by atoms with Crippen LogP contribution in [0.25, 0.3) is 0 Å². The monoisotopic (exact) mass is 334 g/mol. The average molecular weight is 336 g/mol. The van der Waals surface area contributed by atoms with Crippen LogP contribution in [0.3, 0.4) is 0 Å². The predicted octanol–water partition coefficient (Wildman–Crippen LogP) is 2.09. The number of rotatable bonds is 1. The van der Waals surface area contributed by atoms with Gasteiger partial charge in [0.15, 0.2) is 0 Å². The Balaban J connectivity index is 2.41. The average Bonchev–Trinajstić information content (AvgIpc) is 2.43. The lowest BCUT2D eigenvalue weighted by molar-refractivity contribution is -0.123. The van der Waals surface area contributed by atoms with Crippen LogP contribution in [0, 0.1) is 5.82 Å². The van der Waals surface area contributed by atoms with Crippen LogP contribution in [0.15, 0.2) is 16.6 Å². The first-order valence-electron chi connectivity index (χ1n) is 5.20. The highest BCUT2D eigenvalue weighted by Crippen LogP contribution is 2.35. The van der Waals surface area contributed by atoms with Gasteiger partial charge in [0.25, 0.3) is 0 Å². The molecule has 0 unspecified atom stereocenters. The number of carbonyl (C=O) groups is 2. The molecule has 0 aromatic heterocycles. The van der Waals surface area contributed by atoms with Gasteiger partial charge in [0.2, 0.25) is 11.8 Å². The zero-order chi connectivity index (χ0) is 13.3. The van der Waals surface area contributed by atoms with Gasteiger partial charge in [0.1, 0.15) is 5.82 Å². The van der Waals surface area contributed by atoms with Gasteiger partial charge < -0.3 is 10.2 Å². The quantitative estimate of drug-likeness (QED) is 0.854. The molecule has 1 aliphatic rings. The van der Waals surface area contributed by atoms with Crippen molar-refractivity contribution in [3.8, 4) is 0 Å². The van der Waals surface area contributed by atoms with Crippen LogP contribution >= 0.6 is 27.5 Å². The summed E-state index contributed by atoms with van der Waals surface area (Å²) in [6, 6.07) is 2.36. The van der Waals surface area contributed by atoms with Crippen LogP contribution in [0.1, 0.15) is 6.42 Å². The molecular formula is C11H9BrClFN2O2. The summed E-state index contributed by atoms with van der Waals surface area (Å²) in [4.78, 5) is 24.5. The minimum absolute atomic E-state index is 0.0843. The Morgan fingerprint density at radius 2 is 2.11 bits per heavy atom. The van der Waals surface area contributed by atoms with Crippen molar-refractivity contribution < 1.29 is 14.0 Å². The van der Waals surface area contributed by atoms with Gasteiger partial charge >= 0.3 is 0 Å². The van der Waals surface area contributed by atoms with E-state index in [1.807, 2.05) is 0 Å². The number of halogens is 3. The van der Waals surface area contributed by atoms with Gasteiger partial charge in [0, 0.05) is 17.4 Å². The second kappa shape index (κ2) is 5.24. The Hall–Kier alpha value is -1.14.